The van der Waals surface area contributed by atoms with E-state index in [0.29, 0.717) is 6.54 Å². The van der Waals surface area contributed by atoms with Gasteiger partial charge in [0, 0.05) is 5.56 Å². The average Bonchev–Trinajstić information content (AvgIpc) is 2.61. The first-order chi connectivity index (χ1) is 13.3. The van der Waals surface area contributed by atoms with Crippen molar-refractivity contribution in [3.63, 3.8) is 0 Å². The van der Waals surface area contributed by atoms with E-state index in [1.165, 1.54) is 0 Å². The van der Waals surface area contributed by atoms with Gasteiger partial charge in [0.05, 0.1) is 0 Å². The van der Waals surface area contributed by atoms with Crippen LogP contribution in [0.2, 0.25) is 0 Å². The number of ketones is 1. The lowest BCUT2D eigenvalue weighted by Crippen LogP contribution is -3.00. The smallest absolute Gasteiger partial charge is 0.357 e. The van der Waals surface area contributed by atoms with Gasteiger partial charge in [-0.3, -0.25) is 18.8 Å². The second-order valence-electron chi connectivity index (χ2n) is 8.00. The maximum absolute atomic E-state index is 13.0. The van der Waals surface area contributed by atoms with Crippen molar-refractivity contribution in [1.82, 2.24) is 23.4 Å². The lowest BCUT2D eigenvalue weighted by molar-refractivity contribution is -0.469. The van der Waals surface area contributed by atoms with E-state index in [2.05, 4.69) is 98.2 Å². The van der Waals surface area contributed by atoms with E-state index in [-0.39, 0.29) is 29.8 Å². The zero-order chi connectivity index (χ0) is 22.6. The van der Waals surface area contributed by atoms with Crippen LogP contribution in [0.5, 0.6) is 0 Å². The highest BCUT2D eigenvalue weighted by molar-refractivity contribution is 7.70. The molecule has 0 atom stereocenters. The predicted octanol–water partition coefficient (Wildman–Crippen LogP) is 0.216. The van der Waals surface area contributed by atoms with E-state index in [1.54, 1.807) is 0 Å². The van der Waals surface area contributed by atoms with Crippen LogP contribution < -0.4 is 24.0 Å². The van der Waals surface area contributed by atoms with Gasteiger partial charge in [0.2, 0.25) is 12.3 Å². The third-order valence-corrected chi connectivity index (χ3v) is 13.2. The third kappa shape index (κ3) is 6.01. The number of likely N-dealkylation sites (N-methyl/N-ethyl adjacent to an activating group) is 1. The summed E-state index contributed by atoms with van der Waals surface area (Å²) in [7, 11) is 18.1. The van der Waals surface area contributed by atoms with E-state index < -0.39 is 15.0 Å². The Bertz CT molecular complexity index is 768. The SMILES string of the molecule is CN(C)P(=NP(N(C)C)(N(C)C)=[N+](C)CC(=O)c1ccccc1)(N(C)C)N(C)C.[I-]. The van der Waals surface area contributed by atoms with Crippen LogP contribution in [0, 0.1) is 0 Å². The molecular weight excluding hydrogens is 531 g/mol. The van der Waals surface area contributed by atoms with Crippen LogP contribution in [0.1, 0.15) is 10.4 Å². The molecule has 0 aliphatic heterocycles. The first-order valence-electron chi connectivity index (χ1n) is 9.55. The van der Waals surface area contributed by atoms with Gasteiger partial charge in [0.1, 0.15) is 7.05 Å². The number of halogens is 1. The highest BCUT2D eigenvalue weighted by Crippen LogP contribution is 2.67. The molecule has 0 aromatic heterocycles. The molecule has 11 heteroatoms. The number of carbonyl (C=O) groups is 1. The summed E-state index contributed by atoms with van der Waals surface area (Å²) in [5.74, 6) is 0.0971. The molecule has 0 spiro atoms. The minimum atomic E-state index is -2.36. The predicted molar refractivity (Wildman–Crippen MR) is 127 cm³/mol. The van der Waals surface area contributed by atoms with Crippen LogP contribution in [0.15, 0.2) is 34.8 Å². The molecule has 0 aliphatic rings. The third-order valence-electron chi connectivity index (χ3n) is 4.85. The molecule has 0 radical (unpaired) electrons. The minimum Gasteiger partial charge on any atom is -1.00 e. The maximum Gasteiger partial charge on any atom is 0.357 e. The fourth-order valence-corrected chi connectivity index (χ4v) is 13.1. The van der Waals surface area contributed by atoms with Gasteiger partial charge >= 0.3 is 7.51 Å². The van der Waals surface area contributed by atoms with Crippen molar-refractivity contribution >= 4 is 20.8 Å². The number of benzene rings is 1. The van der Waals surface area contributed by atoms with Gasteiger partial charge in [0.25, 0.3) is 0 Å². The van der Waals surface area contributed by atoms with Crippen molar-refractivity contribution in [3.8, 4) is 0 Å². The summed E-state index contributed by atoms with van der Waals surface area (Å²) in [6, 6.07) is 9.47. The Balaban J connectivity index is 0.00000841. The Hall–Kier alpha value is -0.120. The molecule has 0 fully saturated rings. The van der Waals surface area contributed by atoms with Gasteiger partial charge in [-0.2, -0.15) is 4.52 Å². The standard InChI is InChI=1S/C19H40N7OP2.HI/c1-21(2)28(22(3)4,23(5)6)20-29(24(7)8,25(9)10)26(11)17-19(27)18-15-13-12-14-16-18;/h12-16H,17H2,1-11H3;1H/q+1;/p-1. The molecule has 1 rings (SSSR count). The summed E-state index contributed by atoms with van der Waals surface area (Å²) < 4.78 is 18.7. The Morgan fingerprint density at radius 2 is 1.20 bits per heavy atom. The van der Waals surface area contributed by atoms with Crippen molar-refractivity contribution in [2.24, 2.45) is 4.52 Å². The molecule has 0 saturated heterocycles. The Morgan fingerprint density at radius 1 is 0.800 bits per heavy atom. The molecular formula is C19H40IN7OP2. The molecule has 0 saturated carbocycles. The summed E-state index contributed by atoms with van der Waals surface area (Å²) in [4.78, 5) is 13.0. The van der Waals surface area contributed by atoms with Crippen LogP contribution in [-0.2, 0) is 0 Å². The Kier molecular flexibility index (Phi) is 12.2. The molecule has 174 valence electrons. The number of rotatable bonds is 9. The molecule has 8 nitrogen and oxygen atoms in total. The minimum absolute atomic E-state index is 0. The zero-order valence-corrected chi connectivity index (χ0v) is 24.4. The Labute approximate surface area is 201 Å². The highest BCUT2D eigenvalue weighted by Gasteiger charge is 2.42. The van der Waals surface area contributed by atoms with E-state index >= 15 is 0 Å². The van der Waals surface area contributed by atoms with Crippen LogP contribution in [0.25, 0.3) is 0 Å². The summed E-state index contributed by atoms with van der Waals surface area (Å²) in [6.07, 6.45) is 0. The quantitative estimate of drug-likeness (QED) is 0.240. The van der Waals surface area contributed by atoms with Gasteiger partial charge < -0.3 is 24.0 Å². The molecule has 0 unspecified atom stereocenters. The molecule has 30 heavy (non-hydrogen) atoms. The van der Waals surface area contributed by atoms with Crippen molar-refractivity contribution in [2.45, 2.75) is 0 Å². The fourth-order valence-electron chi connectivity index (χ4n) is 3.69. The molecule has 1 aromatic carbocycles. The summed E-state index contributed by atoms with van der Waals surface area (Å²) in [5.41, 5.74) is 0.726. The first kappa shape index (κ1) is 29.9. The molecule has 0 N–H and O–H groups in total. The number of Topliss-reactive ketones (excluding diaryl/α,β-unsaturated/α-hetero) is 1. The van der Waals surface area contributed by atoms with Gasteiger partial charge in [-0.05, 0) is 70.5 Å². The van der Waals surface area contributed by atoms with Crippen LogP contribution in [0.4, 0.5) is 0 Å². The highest BCUT2D eigenvalue weighted by atomic mass is 127. The number of hydrogen-bond donors (Lipinski definition) is 0. The van der Waals surface area contributed by atoms with Crippen molar-refractivity contribution in [3.05, 3.63) is 35.9 Å². The van der Waals surface area contributed by atoms with Crippen molar-refractivity contribution in [2.75, 3.05) is 84.1 Å². The molecule has 0 bridgehead atoms. The number of nitrogens with zero attached hydrogens (tertiary/aromatic N) is 7. The molecule has 0 heterocycles. The van der Waals surface area contributed by atoms with Crippen LogP contribution in [-0.4, -0.2) is 118 Å². The first-order valence-corrected chi connectivity index (χ1v) is 12.8. The molecule has 0 aliphatic carbocycles. The van der Waals surface area contributed by atoms with E-state index in [0.717, 1.165) is 5.56 Å². The maximum atomic E-state index is 13.0. The second kappa shape index (κ2) is 12.2. The number of hydrogen-bond acceptors (Lipinski definition) is 1. The Morgan fingerprint density at radius 3 is 1.53 bits per heavy atom. The van der Waals surface area contributed by atoms with Crippen LogP contribution >= 0.6 is 15.0 Å². The van der Waals surface area contributed by atoms with Gasteiger partial charge in [0.15, 0.2) is 7.51 Å². The normalized spacial score (nSPS) is 12.7. The van der Waals surface area contributed by atoms with Gasteiger partial charge in [-0.1, -0.05) is 30.3 Å². The largest absolute Gasteiger partial charge is 1.00 e. The average molecular weight is 571 g/mol. The molecule has 1 aromatic rings. The zero-order valence-electron chi connectivity index (χ0n) is 20.4. The monoisotopic (exact) mass is 571 g/mol. The van der Waals surface area contributed by atoms with Crippen LogP contribution in [0.3, 0.4) is 0 Å². The summed E-state index contributed by atoms with van der Waals surface area (Å²) in [5, 5.41) is 0. The van der Waals surface area contributed by atoms with Crippen molar-refractivity contribution in [1.29, 1.82) is 0 Å². The second-order valence-corrected chi connectivity index (χ2v) is 15.5. The van der Waals surface area contributed by atoms with E-state index in [9.17, 15) is 4.79 Å². The van der Waals surface area contributed by atoms with Gasteiger partial charge in [-0.25, -0.2) is 13.7 Å². The number of carbonyl (C=O) groups excluding carboxylic acids is 1. The molecule has 0 amide bonds. The lowest BCUT2D eigenvalue weighted by atomic mass is 10.1. The lowest BCUT2D eigenvalue weighted by Gasteiger charge is -2.43. The summed E-state index contributed by atoms with van der Waals surface area (Å²) >= 11 is 0. The summed E-state index contributed by atoms with van der Waals surface area (Å²) in [6.45, 7) is 0.298. The van der Waals surface area contributed by atoms with Gasteiger partial charge in [-0.15, -0.1) is 0 Å². The van der Waals surface area contributed by atoms with Crippen molar-refractivity contribution < 1.29 is 33.1 Å². The van der Waals surface area contributed by atoms with E-state index in [1.807, 2.05) is 37.4 Å². The fraction of sp³-hybridized carbons (Fsp3) is 0.632. The van der Waals surface area contributed by atoms with E-state index in [4.69, 9.17) is 4.52 Å². The topological polar surface area (TPSA) is 48.6 Å².